The van der Waals surface area contributed by atoms with E-state index in [4.69, 9.17) is 14.2 Å². The SMILES string of the molecule is O=C(NCc1ccccc1)OCc1ccc(C2C(COC(c3ccccc3)(c3ccccc3)c3ccccc3)CN(C(=O)O)CC2OCc2ccc3ccccc3c2)cc1. The summed E-state index contributed by atoms with van der Waals surface area (Å²) >= 11 is 0. The van der Waals surface area contributed by atoms with Gasteiger partial charge in [-0.3, -0.25) is 0 Å². The van der Waals surface area contributed by atoms with Crippen LogP contribution in [0.25, 0.3) is 10.8 Å². The molecular weight excluding hydrogens is 749 g/mol. The van der Waals surface area contributed by atoms with E-state index in [-0.39, 0.29) is 38.1 Å². The third-order valence-corrected chi connectivity index (χ3v) is 11.4. The van der Waals surface area contributed by atoms with Gasteiger partial charge in [0.25, 0.3) is 0 Å². The summed E-state index contributed by atoms with van der Waals surface area (Å²) in [4.78, 5) is 26.9. The Morgan fingerprint density at radius 3 is 1.75 bits per heavy atom. The van der Waals surface area contributed by atoms with Gasteiger partial charge >= 0.3 is 12.2 Å². The molecule has 8 heteroatoms. The van der Waals surface area contributed by atoms with Crippen molar-refractivity contribution in [3.63, 3.8) is 0 Å². The number of carboxylic acid groups (broad SMARTS) is 1. The molecule has 60 heavy (non-hydrogen) atoms. The van der Waals surface area contributed by atoms with Crippen molar-refractivity contribution in [2.24, 2.45) is 5.92 Å². The van der Waals surface area contributed by atoms with Gasteiger partial charge in [-0.1, -0.05) is 182 Å². The van der Waals surface area contributed by atoms with Crippen molar-refractivity contribution in [1.29, 1.82) is 0 Å². The molecule has 3 unspecified atom stereocenters. The van der Waals surface area contributed by atoms with E-state index in [0.29, 0.717) is 13.2 Å². The Balaban J connectivity index is 1.11. The van der Waals surface area contributed by atoms with E-state index in [9.17, 15) is 14.7 Å². The monoisotopic (exact) mass is 796 g/mol. The molecule has 0 bridgehead atoms. The minimum absolute atomic E-state index is 0.0978. The minimum Gasteiger partial charge on any atom is -0.465 e. The summed E-state index contributed by atoms with van der Waals surface area (Å²) in [6, 6.07) is 62.8. The predicted octanol–water partition coefficient (Wildman–Crippen LogP) is 10.6. The van der Waals surface area contributed by atoms with Crippen LogP contribution in [-0.2, 0) is 39.6 Å². The fraction of sp³-hybridized carbons (Fsp3) is 0.192. The van der Waals surface area contributed by atoms with Gasteiger partial charge in [-0.15, -0.1) is 0 Å². The first-order chi connectivity index (χ1) is 29.5. The number of nitrogens with zero attached hydrogens (tertiary/aromatic N) is 1. The van der Waals surface area contributed by atoms with Gasteiger partial charge in [0.2, 0.25) is 0 Å². The number of hydrogen-bond donors (Lipinski definition) is 2. The van der Waals surface area contributed by atoms with E-state index in [0.717, 1.165) is 49.7 Å². The molecule has 3 atom stereocenters. The average Bonchev–Trinajstić information content (AvgIpc) is 3.31. The van der Waals surface area contributed by atoms with Gasteiger partial charge in [-0.05, 0) is 55.8 Å². The van der Waals surface area contributed by atoms with Gasteiger partial charge in [0.15, 0.2) is 0 Å². The van der Waals surface area contributed by atoms with Crippen LogP contribution in [0, 0.1) is 5.92 Å². The maximum absolute atomic E-state index is 12.9. The normalized spacial score (nSPS) is 16.6. The van der Waals surface area contributed by atoms with Gasteiger partial charge in [-0.25, -0.2) is 9.59 Å². The van der Waals surface area contributed by atoms with Crippen molar-refractivity contribution in [2.45, 2.75) is 37.4 Å². The number of ether oxygens (including phenoxy) is 3. The molecular formula is C52H48N2O6. The van der Waals surface area contributed by atoms with Crippen LogP contribution >= 0.6 is 0 Å². The molecule has 8 rings (SSSR count). The van der Waals surface area contributed by atoms with E-state index in [1.165, 1.54) is 4.90 Å². The summed E-state index contributed by atoms with van der Waals surface area (Å²) in [5.41, 5.74) is 5.69. The summed E-state index contributed by atoms with van der Waals surface area (Å²) < 4.78 is 19.8. The number of rotatable bonds is 14. The first kappa shape index (κ1) is 40.1. The quantitative estimate of drug-likeness (QED) is 0.106. The van der Waals surface area contributed by atoms with Gasteiger partial charge in [0, 0.05) is 24.9 Å². The van der Waals surface area contributed by atoms with Crippen LogP contribution < -0.4 is 5.32 Å². The van der Waals surface area contributed by atoms with Gasteiger partial charge in [-0.2, -0.15) is 0 Å². The molecule has 0 aliphatic carbocycles. The van der Waals surface area contributed by atoms with E-state index in [1.54, 1.807) is 0 Å². The minimum atomic E-state index is -1.00. The molecule has 1 heterocycles. The number of hydrogen-bond acceptors (Lipinski definition) is 5. The van der Waals surface area contributed by atoms with E-state index < -0.39 is 23.9 Å². The molecule has 1 aliphatic heterocycles. The van der Waals surface area contributed by atoms with E-state index in [2.05, 4.69) is 72.0 Å². The number of carbonyl (C=O) groups is 2. The summed E-state index contributed by atoms with van der Waals surface area (Å²) in [5.74, 6) is -0.553. The molecule has 2 amide bonds. The predicted molar refractivity (Wildman–Crippen MR) is 233 cm³/mol. The molecule has 0 radical (unpaired) electrons. The fourth-order valence-corrected chi connectivity index (χ4v) is 8.40. The molecule has 8 nitrogen and oxygen atoms in total. The Labute approximate surface area is 351 Å². The van der Waals surface area contributed by atoms with Crippen molar-refractivity contribution >= 4 is 23.0 Å². The van der Waals surface area contributed by atoms with Crippen LogP contribution in [0.3, 0.4) is 0 Å². The number of amides is 2. The maximum Gasteiger partial charge on any atom is 0.407 e. The lowest BCUT2D eigenvalue weighted by atomic mass is 9.77. The fourth-order valence-electron chi connectivity index (χ4n) is 8.40. The number of fused-ring (bicyclic) bond motifs is 1. The molecule has 2 N–H and O–H groups in total. The summed E-state index contributed by atoms with van der Waals surface area (Å²) in [6.45, 7) is 1.43. The molecule has 0 aromatic heterocycles. The molecule has 7 aromatic carbocycles. The highest BCUT2D eigenvalue weighted by molar-refractivity contribution is 5.83. The zero-order valence-electron chi connectivity index (χ0n) is 33.3. The molecule has 0 saturated carbocycles. The summed E-state index contributed by atoms with van der Waals surface area (Å²) in [7, 11) is 0. The number of alkyl carbamates (subject to hydrolysis) is 1. The van der Waals surface area contributed by atoms with Crippen molar-refractivity contribution in [3.8, 4) is 0 Å². The zero-order chi connectivity index (χ0) is 41.2. The Hall–Kier alpha value is -6.74. The molecule has 7 aromatic rings. The zero-order valence-corrected chi connectivity index (χ0v) is 33.3. The molecule has 302 valence electrons. The highest BCUT2D eigenvalue weighted by Gasteiger charge is 2.44. The van der Waals surface area contributed by atoms with Crippen molar-refractivity contribution in [2.75, 3.05) is 19.7 Å². The lowest BCUT2D eigenvalue weighted by molar-refractivity contribution is -0.0755. The lowest BCUT2D eigenvalue weighted by Crippen LogP contribution is -2.52. The Kier molecular flexibility index (Phi) is 12.6. The Morgan fingerprint density at radius 1 is 0.600 bits per heavy atom. The highest BCUT2D eigenvalue weighted by Crippen LogP contribution is 2.43. The summed E-state index contributed by atoms with van der Waals surface area (Å²) in [6.07, 6.45) is -2.00. The first-order valence-corrected chi connectivity index (χ1v) is 20.4. The third-order valence-electron chi connectivity index (χ3n) is 11.4. The van der Waals surface area contributed by atoms with Gasteiger partial charge < -0.3 is 29.5 Å². The standard InChI is InChI=1S/C52H48N2O6/c55-50(53-32-38-15-5-1-6-16-38)59-35-39-25-29-42(30-26-39)49-44(33-54(51(56)57)34-48(49)58-36-40-27-28-41-17-13-14-18-43(41)31-40)37-60-52(45-19-7-2-8-20-45,46-21-9-3-10-22-46)47-23-11-4-12-24-47/h1-31,44,48-49H,32-37H2,(H,53,55)(H,56,57). The van der Waals surface area contributed by atoms with Crippen molar-refractivity contribution in [1.82, 2.24) is 10.2 Å². The number of likely N-dealkylation sites (tertiary alicyclic amines) is 1. The largest absolute Gasteiger partial charge is 0.465 e. The first-order valence-electron chi connectivity index (χ1n) is 20.4. The third kappa shape index (κ3) is 9.26. The van der Waals surface area contributed by atoms with Crippen LogP contribution in [0.5, 0.6) is 0 Å². The lowest BCUT2D eigenvalue weighted by Gasteiger charge is -2.45. The number of benzene rings is 7. The topological polar surface area (TPSA) is 97.3 Å². The number of piperidine rings is 1. The molecule has 1 aliphatic rings. The van der Waals surface area contributed by atoms with Crippen molar-refractivity contribution < 1.29 is 28.9 Å². The molecule has 0 spiro atoms. The average molecular weight is 797 g/mol. The number of carbonyl (C=O) groups excluding carboxylic acids is 1. The molecule has 1 saturated heterocycles. The Bertz CT molecular complexity index is 2370. The van der Waals surface area contributed by atoms with E-state index in [1.807, 2.05) is 121 Å². The second kappa shape index (κ2) is 18.9. The van der Waals surface area contributed by atoms with Gasteiger partial charge in [0.05, 0.1) is 25.9 Å². The molecule has 1 fully saturated rings. The maximum atomic E-state index is 12.9. The van der Waals surface area contributed by atoms with Crippen LogP contribution in [-0.4, -0.2) is 48.0 Å². The smallest absolute Gasteiger partial charge is 0.407 e. The van der Waals surface area contributed by atoms with Crippen LogP contribution in [0.15, 0.2) is 188 Å². The summed E-state index contributed by atoms with van der Waals surface area (Å²) in [5, 5.41) is 15.6. The second-order valence-corrected chi connectivity index (χ2v) is 15.3. The van der Waals surface area contributed by atoms with Gasteiger partial charge in [0.1, 0.15) is 12.2 Å². The Morgan fingerprint density at radius 2 is 1.15 bits per heavy atom. The van der Waals surface area contributed by atoms with Crippen LogP contribution in [0.1, 0.15) is 44.9 Å². The van der Waals surface area contributed by atoms with Crippen LogP contribution in [0.2, 0.25) is 0 Å². The highest BCUT2D eigenvalue weighted by atomic mass is 16.5. The van der Waals surface area contributed by atoms with Crippen molar-refractivity contribution in [3.05, 3.63) is 227 Å². The second-order valence-electron chi connectivity index (χ2n) is 15.3. The number of nitrogens with one attached hydrogen (secondary N) is 1. The van der Waals surface area contributed by atoms with Crippen LogP contribution in [0.4, 0.5) is 9.59 Å². The van der Waals surface area contributed by atoms with E-state index >= 15 is 0 Å².